The smallest absolute Gasteiger partial charge is 0.256 e. The predicted octanol–water partition coefficient (Wildman–Crippen LogP) is 5.05. The van der Waals surface area contributed by atoms with Crippen molar-refractivity contribution >= 4 is 23.4 Å². The van der Waals surface area contributed by atoms with E-state index in [1.165, 1.54) is 17.8 Å². The summed E-state index contributed by atoms with van der Waals surface area (Å²) in [4.78, 5) is 18.0. The van der Waals surface area contributed by atoms with Gasteiger partial charge in [-0.15, -0.1) is 22.0 Å². The van der Waals surface area contributed by atoms with Gasteiger partial charge in [-0.2, -0.15) is 4.98 Å². The number of amides is 1. The van der Waals surface area contributed by atoms with Gasteiger partial charge >= 0.3 is 0 Å². The number of benzene rings is 2. The molecule has 10 heteroatoms. The molecule has 5 rings (SSSR count). The molecule has 0 atom stereocenters. The first-order valence-corrected chi connectivity index (χ1v) is 12.1. The van der Waals surface area contributed by atoms with Crippen LogP contribution >= 0.6 is 11.8 Å². The van der Waals surface area contributed by atoms with Gasteiger partial charge in [0.05, 0.1) is 17.0 Å². The number of fused-ring (bicyclic) bond motifs is 1. The number of nitrogens with one attached hydrogen (secondary N) is 1. The lowest BCUT2D eigenvalue weighted by Gasteiger charge is -2.12. The van der Waals surface area contributed by atoms with Gasteiger partial charge in [-0.05, 0) is 50.1 Å². The number of hydrogen-bond acceptors (Lipinski definition) is 7. The first-order valence-electron chi connectivity index (χ1n) is 11.1. The van der Waals surface area contributed by atoms with E-state index in [0.717, 1.165) is 42.9 Å². The monoisotopic (exact) mass is 478 g/mol. The number of aromatic nitrogens is 5. The van der Waals surface area contributed by atoms with Crippen molar-refractivity contribution in [2.45, 2.75) is 49.8 Å². The van der Waals surface area contributed by atoms with E-state index in [1.54, 1.807) is 31.2 Å². The van der Waals surface area contributed by atoms with Crippen molar-refractivity contribution in [1.82, 2.24) is 24.9 Å². The third-order valence-electron chi connectivity index (χ3n) is 5.63. The summed E-state index contributed by atoms with van der Waals surface area (Å²) in [6, 6.07) is 11.8. The second-order valence-corrected chi connectivity index (χ2v) is 9.09. The van der Waals surface area contributed by atoms with Crippen LogP contribution in [0.4, 0.5) is 10.1 Å². The van der Waals surface area contributed by atoms with E-state index >= 15 is 0 Å². The maximum absolute atomic E-state index is 14.7. The minimum atomic E-state index is -0.515. The Morgan fingerprint density at radius 2 is 2.06 bits per heavy atom. The highest BCUT2D eigenvalue weighted by Gasteiger charge is 2.19. The zero-order valence-electron chi connectivity index (χ0n) is 18.6. The topological polar surface area (TPSA) is 98.7 Å². The minimum absolute atomic E-state index is 0.0980. The van der Waals surface area contributed by atoms with E-state index in [-0.39, 0.29) is 5.69 Å². The van der Waals surface area contributed by atoms with Gasteiger partial charge < -0.3 is 14.4 Å². The summed E-state index contributed by atoms with van der Waals surface area (Å²) in [6.07, 6.45) is 4.18. The standard InChI is InChI=1S/C24H23FN6O2S/c1-15-26-22(33-30-15)14-34-20-8-5-4-7-17(20)24(32)27-19-13-16(10-11-18(19)25)23-29-28-21-9-3-2-6-12-31(21)23/h4-5,7-8,10-11,13H,2-3,6,9,12,14H2,1H3,(H,27,32). The van der Waals surface area contributed by atoms with Crippen LogP contribution in [0.2, 0.25) is 0 Å². The third kappa shape index (κ3) is 4.72. The maximum Gasteiger partial charge on any atom is 0.256 e. The van der Waals surface area contributed by atoms with Crippen LogP contribution in [-0.2, 0) is 18.7 Å². The Labute approximate surface area is 200 Å². The van der Waals surface area contributed by atoms with Gasteiger partial charge in [-0.3, -0.25) is 4.79 Å². The molecule has 0 saturated heterocycles. The molecule has 2 aromatic carbocycles. The van der Waals surface area contributed by atoms with E-state index in [1.807, 2.05) is 12.1 Å². The molecule has 0 unspecified atom stereocenters. The zero-order chi connectivity index (χ0) is 23.5. The van der Waals surface area contributed by atoms with Crippen molar-refractivity contribution in [3.05, 3.63) is 71.4 Å². The number of aryl methyl sites for hydroxylation is 2. The number of carbonyl (C=O) groups is 1. The highest BCUT2D eigenvalue weighted by Crippen LogP contribution is 2.29. The van der Waals surface area contributed by atoms with Crippen LogP contribution in [0.15, 0.2) is 51.9 Å². The second-order valence-electron chi connectivity index (χ2n) is 8.07. The van der Waals surface area contributed by atoms with E-state index in [2.05, 4.69) is 30.2 Å². The first kappa shape index (κ1) is 22.3. The summed E-state index contributed by atoms with van der Waals surface area (Å²) in [5.41, 5.74) is 1.25. The summed E-state index contributed by atoms with van der Waals surface area (Å²) < 4.78 is 21.9. The van der Waals surface area contributed by atoms with Gasteiger partial charge in [0.1, 0.15) is 11.6 Å². The Bertz CT molecular complexity index is 1330. The molecule has 1 amide bonds. The molecular formula is C24H23FN6O2S. The van der Waals surface area contributed by atoms with Gasteiger partial charge in [0.25, 0.3) is 5.91 Å². The lowest BCUT2D eigenvalue weighted by atomic mass is 10.1. The number of thioether (sulfide) groups is 1. The zero-order valence-corrected chi connectivity index (χ0v) is 19.4. The molecule has 1 aliphatic rings. The van der Waals surface area contributed by atoms with Crippen LogP contribution < -0.4 is 5.32 Å². The average molecular weight is 479 g/mol. The average Bonchev–Trinajstić information content (AvgIpc) is 3.37. The van der Waals surface area contributed by atoms with Gasteiger partial charge in [0, 0.05) is 23.4 Å². The molecule has 0 saturated carbocycles. The van der Waals surface area contributed by atoms with Gasteiger partial charge in [-0.25, -0.2) is 4.39 Å². The summed E-state index contributed by atoms with van der Waals surface area (Å²) in [7, 11) is 0. The fraction of sp³-hybridized carbons (Fsp3) is 0.292. The lowest BCUT2D eigenvalue weighted by molar-refractivity contribution is 0.102. The Hall–Kier alpha value is -3.53. The fourth-order valence-corrected chi connectivity index (χ4v) is 4.85. The highest BCUT2D eigenvalue weighted by molar-refractivity contribution is 7.98. The first-order chi connectivity index (χ1) is 16.6. The van der Waals surface area contributed by atoms with Crippen LogP contribution in [0.5, 0.6) is 0 Å². The van der Waals surface area contributed by atoms with Crippen LogP contribution in [0.3, 0.4) is 0 Å². The minimum Gasteiger partial charge on any atom is -0.338 e. The van der Waals surface area contributed by atoms with Crippen molar-refractivity contribution < 1.29 is 13.7 Å². The molecular weight excluding hydrogens is 455 g/mol. The van der Waals surface area contributed by atoms with Crippen LogP contribution in [0.1, 0.15) is 47.2 Å². The largest absolute Gasteiger partial charge is 0.338 e. The lowest BCUT2D eigenvalue weighted by Crippen LogP contribution is -2.14. The number of hydrogen-bond donors (Lipinski definition) is 1. The SMILES string of the molecule is Cc1noc(CSc2ccccc2C(=O)Nc2cc(-c3nnc4n3CCCCC4)ccc2F)n1. The van der Waals surface area contributed by atoms with Gasteiger partial charge in [0.2, 0.25) is 5.89 Å². The third-order valence-corrected chi connectivity index (χ3v) is 6.69. The molecule has 2 aromatic heterocycles. The molecule has 1 N–H and O–H groups in total. The second kappa shape index (κ2) is 9.76. The van der Waals surface area contributed by atoms with Crippen molar-refractivity contribution in [1.29, 1.82) is 0 Å². The van der Waals surface area contributed by atoms with E-state index < -0.39 is 11.7 Å². The molecule has 8 nitrogen and oxygen atoms in total. The molecule has 0 spiro atoms. The van der Waals surface area contributed by atoms with Crippen molar-refractivity contribution in [2.24, 2.45) is 0 Å². The van der Waals surface area contributed by atoms with Crippen molar-refractivity contribution in [3.63, 3.8) is 0 Å². The molecule has 0 fully saturated rings. The molecule has 34 heavy (non-hydrogen) atoms. The summed E-state index contributed by atoms with van der Waals surface area (Å²) >= 11 is 1.40. The fourth-order valence-electron chi connectivity index (χ4n) is 3.97. The Morgan fingerprint density at radius 3 is 2.91 bits per heavy atom. The number of carbonyl (C=O) groups excluding carboxylic acids is 1. The van der Waals surface area contributed by atoms with E-state index in [4.69, 9.17) is 4.52 Å². The Morgan fingerprint density at radius 1 is 1.18 bits per heavy atom. The van der Waals surface area contributed by atoms with E-state index in [9.17, 15) is 9.18 Å². The number of rotatable bonds is 6. The summed E-state index contributed by atoms with van der Waals surface area (Å²) in [5.74, 6) is 2.18. The van der Waals surface area contributed by atoms with Crippen molar-refractivity contribution in [3.8, 4) is 11.4 Å². The number of nitrogens with zero attached hydrogens (tertiary/aromatic N) is 5. The van der Waals surface area contributed by atoms with Crippen LogP contribution in [0, 0.1) is 12.7 Å². The maximum atomic E-state index is 14.7. The molecule has 4 aromatic rings. The highest BCUT2D eigenvalue weighted by atomic mass is 32.2. The van der Waals surface area contributed by atoms with Gasteiger partial charge in [-0.1, -0.05) is 23.7 Å². The summed E-state index contributed by atoms with van der Waals surface area (Å²) in [6.45, 7) is 2.58. The van der Waals surface area contributed by atoms with Crippen LogP contribution in [0.25, 0.3) is 11.4 Å². The van der Waals surface area contributed by atoms with E-state index in [0.29, 0.717) is 34.4 Å². The summed E-state index contributed by atoms with van der Waals surface area (Å²) in [5, 5.41) is 15.2. The molecule has 1 aliphatic heterocycles. The molecule has 0 radical (unpaired) electrons. The quantitative estimate of drug-likeness (QED) is 0.387. The number of halogens is 1. The molecule has 0 aliphatic carbocycles. The predicted molar refractivity (Wildman–Crippen MR) is 126 cm³/mol. The molecule has 0 bridgehead atoms. The number of anilines is 1. The molecule has 3 heterocycles. The Kier molecular flexibility index (Phi) is 6.39. The van der Waals surface area contributed by atoms with Crippen molar-refractivity contribution in [2.75, 3.05) is 5.32 Å². The van der Waals surface area contributed by atoms with Crippen LogP contribution in [-0.4, -0.2) is 30.8 Å². The Balaban J connectivity index is 1.37. The molecule has 174 valence electrons. The van der Waals surface area contributed by atoms with Gasteiger partial charge in [0.15, 0.2) is 11.6 Å². The normalized spacial score (nSPS) is 13.4.